The number of aryl methyl sites for hydroxylation is 1. The fourth-order valence-electron chi connectivity index (χ4n) is 3.81. The average molecular weight is 499 g/mol. The van der Waals surface area contributed by atoms with Crippen molar-refractivity contribution in [2.45, 2.75) is 43.4 Å². The fraction of sp³-hybridized carbons (Fsp3) is 0.207. The molecule has 3 aromatic carbocycles. The Morgan fingerprint density at radius 1 is 1.00 bits per heavy atom. The zero-order chi connectivity index (χ0) is 25.3. The van der Waals surface area contributed by atoms with Gasteiger partial charge in [0.25, 0.3) is 0 Å². The number of aromatic nitrogens is 3. The Hall–Kier alpha value is -3.84. The predicted molar refractivity (Wildman–Crippen MR) is 144 cm³/mol. The summed E-state index contributed by atoms with van der Waals surface area (Å²) in [5.74, 6) is 1.41. The number of amides is 1. The van der Waals surface area contributed by atoms with Gasteiger partial charge >= 0.3 is 0 Å². The van der Waals surface area contributed by atoms with Crippen LogP contribution in [0.2, 0.25) is 0 Å². The zero-order valence-electron chi connectivity index (χ0n) is 20.5. The molecule has 0 aliphatic heterocycles. The highest BCUT2D eigenvalue weighted by Crippen LogP contribution is 2.27. The average Bonchev–Trinajstić information content (AvgIpc) is 3.28. The fourth-order valence-corrected chi connectivity index (χ4v) is 4.69. The Kier molecular flexibility index (Phi) is 8.57. The van der Waals surface area contributed by atoms with E-state index in [0.717, 1.165) is 22.4 Å². The van der Waals surface area contributed by atoms with Gasteiger partial charge in [0.1, 0.15) is 12.4 Å². The molecule has 0 saturated heterocycles. The van der Waals surface area contributed by atoms with Crippen LogP contribution in [-0.2, 0) is 17.9 Å². The van der Waals surface area contributed by atoms with Crippen molar-refractivity contribution in [2.75, 3.05) is 0 Å². The first-order valence-electron chi connectivity index (χ1n) is 11.8. The number of nitrogens with one attached hydrogen (secondary N) is 1. The summed E-state index contributed by atoms with van der Waals surface area (Å²) in [7, 11) is 0. The van der Waals surface area contributed by atoms with Gasteiger partial charge in [0.05, 0.1) is 11.3 Å². The van der Waals surface area contributed by atoms with Gasteiger partial charge in [-0.05, 0) is 36.6 Å². The number of nitrogens with zero attached hydrogens (tertiary/aromatic N) is 3. The van der Waals surface area contributed by atoms with Crippen molar-refractivity contribution < 1.29 is 9.53 Å². The van der Waals surface area contributed by atoms with E-state index in [4.69, 9.17) is 4.74 Å². The van der Waals surface area contributed by atoms with Crippen LogP contribution >= 0.6 is 11.8 Å². The third kappa shape index (κ3) is 6.23. The number of carbonyl (C=O) groups is 1. The van der Waals surface area contributed by atoms with Crippen LogP contribution in [0.3, 0.4) is 0 Å². The van der Waals surface area contributed by atoms with Crippen LogP contribution in [-0.4, -0.2) is 25.9 Å². The molecular formula is C29H30N4O2S. The number of thioether (sulfide) groups is 1. The van der Waals surface area contributed by atoms with Crippen molar-refractivity contribution in [2.24, 2.45) is 0 Å². The van der Waals surface area contributed by atoms with E-state index >= 15 is 0 Å². The van der Waals surface area contributed by atoms with E-state index in [1.165, 1.54) is 11.8 Å². The van der Waals surface area contributed by atoms with Gasteiger partial charge < -0.3 is 10.1 Å². The monoisotopic (exact) mass is 498 g/mol. The van der Waals surface area contributed by atoms with E-state index in [1.807, 2.05) is 103 Å². The third-order valence-electron chi connectivity index (χ3n) is 5.76. The molecule has 6 nitrogen and oxygen atoms in total. The van der Waals surface area contributed by atoms with Gasteiger partial charge in [0.2, 0.25) is 5.91 Å². The first-order chi connectivity index (χ1) is 17.6. The van der Waals surface area contributed by atoms with Crippen molar-refractivity contribution in [1.29, 1.82) is 0 Å². The van der Waals surface area contributed by atoms with Crippen molar-refractivity contribution in [3.63, 3.8) is 0 Å². The summed E-state index contributed by atoms with van der Waals surface area (Å²) in [6, 6.07) is 27.6. The minimum Gasteiger partial charge on any atom is -0.485 e. The summed E-state index contributed by atoms with van der Waals surface area (Å²) in [5, 5.41) is 12.2. The van der Waals surface area contributed by atoms with E-state index in [-0.39, 0.29) is 18.6 Å². The number of hydrogen-bond donors (Lipinski definition) is 1. The second-order valence-corrected chi connectivity index (χ2v) is 9.68. The SMILES string of the molecule is C=CCn1c(COc2ccccc2C)nnc1SC(C)C(=O)NC(c1ccccc1)c1ccccc1. The minimum atomic E-state index is -0.391. The normalized spacial score (nSPS) is 11.8. The van der Waals surface area contributed by atoms with Gasteiger partial charge in [-0.3, -0.25) is 9.36 Å². The van der Waals surface area contributed by atoms with E-state index in [2.05, 4.69) is 22.1 Å². The van der Waals surface area contributed by atoms with Crippen LogP contribution in [0.1, 0.15) is 35.5 Å². The highest BCUT2D eigenvalue weighted by Gasteiger charge is 2.24. The molecule has 0 fully saturated rings. The number of carbonyl (C=O) groups excluding carboxylic acids is 1. The molecule has 0 spiro atoms. The second kappa shape index (κ2) is 12.2. The maximum Gasteiger partial charge on any atom is 0.234 e. The zero-order valence-corrected chi connectivity index (χ0v) is 21.3. The molecule has 0 aliphatic rings. The van der Waals surface area contributed by atoms with E-state index in [9.17, 15) is 4.79 Å². The van der Waals surface area contributed by atoms with Crippen LogP contribution in [0.25, 0.3) is 0 Å². The molecule has 0 saturated carbocycles. The van der Waals surface area contributed by atoms with E-state index < -0.39 is 5.25 Å². The second-order valence-electron chi connectivity index (χ2n) is 8.38. The summed E-state index contributed by atoms with van der Waals surface area (Å²) in [4.78, 5) is 13.3. The predicted octanol–water partition coefficient (Wildman–Crippen LogP) is 5.74. The van der Waals surface area contributed by atoms with Crippen molar-refractivity contribution in [1.82, 2.24) is 20.1 Å². The first kappa shape index (κ1) is 25.3. The topological polar surface area (TPSA) is 69.0 Å². The minimum absolute atomic E-state index is 0.0800. The number of allylic oxidation sites excluding steroid dienone is 1. The first-order valence-corrected chi connectivity index (χ1v) is 12.7. The summed E-state index contributed by atoms with van der Waals surface area (Å²) in [6.07, 6.45) is 1.79. The Bertz CT molecular complexity index is 1250. The number of ether oxygens (including phenoxy) is 1. The summed E-state index contributed by atoms with van der Waals surface area (Å²) in [5.41, 5.74) is 3.11. The molecule has 1 atom stereocenters. The molecule has 0 aliphatic carbocycles. The van der Waals surface area contributed by atoms with Gasteiger partial charge in [0.15, 0.2) is 11.0 Å². The number of rotatable bonds is 11. The van der Waals surface area contributed by atoms with Crippen molar-refractivity contribution >= 4 is 17.7 Å². The molecule has 0 bridgehead atoms. The van der Waals surface area contributed by atoms with Crippen LogP contribution in [0.5, 0.6) is 5.75 Å². The number of benzene rings is 3. The molecule has 0 radical (unpaired) electrons. The molecule has 36 heavy (non-hydrogen) atoms. The largest absolute Gasteiger partial charge is 0.485 e. The highest BCUT2D eigenvalue weighted by atomic mass is 32.2. The lowest BCUT2D eigenvalue weighted by atomic mass is 9.98. The molecular weight excluding hydrogens is 468 g/mol. The van der Waals surface area contributed by atoms with Crippen LogP contribution in [0, 0.1) is 6.92 Å². The van der Waals surface area contributed by atoms with Gasteiger partial charge in [-0.25, -0.2) is 0 Å². The van der Waals surface area contributed by atoms with Crippen LogP contribution in [0.15, 0.2) is 103 Å². The number of para-hydroxylation sites is 1. The molecule has 1 heterocycles. The standard InChI is InChI=1S/C29H30N4O2S/c1-4-19-33-26(20-35-25-18-12-11-13-21(25)2)31-32-29(33)36-22(3)28(34)30-27(23-14-7-5-8-15-23)24-16-9-6-10-17-24/h4-18,22,27H,1,19-20H2,2-3H3,(H,30,34). The molecule has 1 unspecified atom stereocenters. The maximum absolute atomic E-state index is 13.3. The van der Waals surface area contributed by atoms with E-state index in [0.29, 0.717) is 17.5 Å². The Morgan fingerprint density at radius 3 is 2.22 bits per heavy atom. The summed E-state index contributed by atoms with van der Waals surface area (Å²) >= 11 is 1.37. The summed E-state index contributed by atoms with van der Waals surface area (Å²) < 4.78 is 7.92. The van der Waals surface area contributed by atoms with Crippen LogP contribution in [0.4, 0.5) is 0 Å². The molecule has 1 aromatic heterocycles. The molecule has 7 heteroatoms. The van der Waals surface area contributed by atoms with Crippen LogP contribution < -0.4 is 10.1 Å². The van der Waals surface area contributed by atoms with Gasteiger partial charge in [-0.2, -0.15) is 0 Å². The van der Waals surface area contributed by atoms with E-state index in [1.54, 1.807) is 6.08 Å². The van der Waals surface area contributed by atoms with Gasteiger partial charge in [-0.1, -0.05) is 96.7 Å². The highest BCUT2D eigenvalue weighted by molar-refractivity contribution is 8.00. The van der Waals surface area contributed by atoms with Gasteiger partial charge in [-0.15, -0.1) is 16.8 Å². The molecule has 1 amide bonds. The summed E-state index contributed by atoms with van der Waals surface area (Å²) in [6.45, 7) is 8.54. The Morgan fingerprint density at radius 2 is 1.61 bits per heavy atom. The number of hydrogen-bond acceptors (Lipinski definition) is 5. The maximum atomic E-state index is 13.3. The van der Waals surface area contributed by atoms with Crippen molar-refractivity contribution in [3.8, 4) is 5.75 Å². The molecule has 4 aromatic rings. The molecule has 1 N–H and O–H groups in total. The lowest BCUT2D eigenvalue weighted by molar-refractivity contribution is -0.120. The third-order valence-corrected chi connectivity index (χ3v) is 6.84. The lowest BCUT2D eigenvalue weighted by Gasteiger charge is -2.22. The lowest BCUT2D eigenvalue weighted by Crippen LogP contribution is -2.35. The molecule has 184 valence electrons. The van der Waals surface area contributed by atoms with Crippen molar-refractivity contribution in [3.05, 3.63) is 120 Å². The molecule has 4 rings (SSSR count). The van der Waals surface area contributed by atoms with Gasteiger partial charge in [0, 0.05) is 6.54 Å². The Labute approximate surface area is 216 Å². The quantitative estimate of drug-likeness (QED) is 0.211. The Balaban J connectivity index is 1.48. The smallest absolute Gasteiger partial charge is 0.234 e.